The number of anilines is 1. The third-order valence-corrected chi connectivity index (χ3v) is 13.3. The molecule has 49 heavy (non-hydrogen) atoms. The second-order valence-corrected chi connectivity index (χ2v) is 16.9. The highest BCUT2D eigenvalue weighted by atomic mass is 35.5. The number of hydrogen-bond acceptors (Lipinski definition) is 9. The van der Waals surface area contributed by atoms with Crippen molar-refractivity contribution in [2.45, 2.75) is 45.1 Å². The highest BCUT2D eigenvalue weighted by Crippen LogP contribution is 2.38. The van der Waals surface area contributed by atoms with Gasteiger partial charge in [0, 0.05) is 39.3 Å². The number of aromatic nitrogens is 2. The van der Waals surface area contributed by atoms with E-state index in [4.69, 9.17) is 20.9 Å². The number of rotatable bonds is 15. The van der Waals surface area contributed by atoms with E-state index in [0.29, 0.717) is 53.2 Å². The Morgan fingerprint density at radius 1 is 1.02 bits per heavy atom. The van der Waals surface area contributed by atoms with Crippen molar-refractivity contribution in [2.75, 3.05) is 18.5 Å². The molecule has 2 unspecified atom stereocenters. The Morgan fingerprint density at radius 2 is 1.76 bits per heavy atom. The zero-order chi connectivity index (χ0) is 34.2. The molecule has 2 aromatic heterocycles. The maximum Gasteiger partial charge on any atom is 0.208 e. The van der Waals surface area contributed by atoms with Crippen LogP contribution in [0.4, 0.5) is 5.82 Å². The average molecular weight is 732 g/mol. The first-order valence-corrected chi connectivity index (χ1v) is 20.0. The number of thiophene rings is 1. The lowest BCUT2D eigenvalue weighted by Gasteiger charge is -2.21. The molecule has 1 fully saturated rings. The average Bonchev–Trinajstić information content (AvgIpc) is 3.74. The van der Waals surface area contributed by atoms with Crippen molar-refractivity contribution in [2.24, 2.45) is 11.1 Å². The predicted octanol–water partition coefficient (Wildman–Crippen LogP) is 7.50. The molecular formula is C37H39ClN5O3PS2. The number of nitrogens with two attached hydrogens (primary N) is 1. The Morgan fingerprint density at radius 3 is 2.47 bits per heavy atom. The van der Waals surface area contributed by atoms with Gasteiger partial charge in [-0.3, -0.25) is 19.6 Å². The maximum atomic E-state index is 14.5. The number of aryl methyl sites for hydroxylation is 1. The standard InChI is InChI=1S/C37H39ClN5O3PS2/c1-25-28(21-35(48-25)36(44)34-22-40-24-41-37(34)43-31-15-12-26(18-31)23-46-49-39)19-29-20-30(38)14-13-27(29)16-17-42-47(45,32-8-4-2-5-9-32)33-10-6-3-7-11-33/h2-11,13-14,20-22,24,26,31H,12,15-19,23,39H2,1H3,(H,42,45)(H,40,41,43). The van der Waals surface area contributed by atoms with E-state index < -0.39 is 7.29 Å². The van der Waals surface area contributed by atoms with Crippen molar-refractivity contribution in [1.29, 1.82) is 0 Å². The van der Waals surface area contributed by atoms with Crippen molar-refractivity contribution < 1.29 is 13.5 Å². The molecule has 1 aliphatic carbocycles. The van der Waals surface area contributed by atoms with Gasteiger partial charge >= 0.3 is 0 Å². The van der Waals surface area contributed by atoms with Gasteiger partial charge in [-0.05, 0) is 104 Å². The molecule has 1 saturated carbocycles. The highest BCUT2D eigenvalue weighted by molar-refractivity contribution is 7.92. The minimum Gasteiger partial charge on any atom is -0.367 e. The van der Waals surface area contributed by atoms with Crippen LogP contribution in [0.2, 0.25) is 5.02 Å². The molecule has 254 valence electrons. The summed E-state index contributed by atoms with van der Waals surface area (Å²) in [6.07, 6.45) is 7.26. The summed E-state index contributed by atoms with van der Waals surface area (Å²) < 4.78 is 19.8. The Kier molecular flexibility index (Phi) is 12.0. The molecule has 5 aromatic rings. The van der Waals surface area contributed by atoms with Crippen LogP contribution in [0.5, 0.6) is 0 Å². The number of benzene rings is 3. The summed E-state index contributed by atoms with van der Waals surface area (Å²) in [4.78, 5) is 24.2. The van der Waals surface area contributed by atoms with Crippen LogP contribution >= 0.6 is 42.5 Å². The van der Waals surface area contributed by atoms with Gasteiger partial charge in [-0.1, -0.05) is 54.1 Å². The second-order valence-electron chi connectivity index (χ2n) is 12.2. The van der Waals surface area contributed by atoms with Gasteiger partial charge in [-0.15, -0.1) is 11.3 Å². The van der Waals surface area contributed by atoms with Gasteiger partial charge in [0.15, 0.2) is 0 Å². The first-order chi connectivity index (χ1) is 23.8. The fourth-order valence-electron chi connectivity index (χ4n) is 6.40. The zero-order valence-corrected chi connectivity index (χ0v) is 30.5. The molecule has 0 aliphatic heterocycles. The Labute approximate surface area is 301 Å². The SMILES string of the molecule is Cc1sc(C(=O)c2cncnc2NC2CCC(COSN)C2)cc1Cc1cc(Cl)ccc1CCNP(=O)(c1ccccc1)c1ccccc1. The predicted molar refractivity (Wildman–Crippen MR) is 203 cm³/mol. The van der Waals surface area contributed by atoms with Gasteiger partial charge in [0.1, 0.15) is 12.1 Å². The molecule has 1 aliphatic rings. The van der Waals surface area contributed by atoms with Crippen LogP contribution in [0.15, 0.2) is 97.5 Å². The van der Waals surface area contributed by atoms with Crippen molar-refractivity contribution >= 4 is 64.7 Å². The van der Waals surface area contributed by atoms with Crippen LogP contribution < -0.4 is 26.2 Å². The lowest BCUT2D eigenvalue weighted by Crippen LogP contribution is -2.29. The number of nitrogens with zero attached hydrogens (tertiary/aromatic N) is 2. The second kappa shape index (κ2) is 16.6. The number of carbonyl (C=O) groups excluding carboxylic acids is 1. The molecule has 2 heterocycles. The summed E-state index contributed by atoms with van der Waals surface area (Å²) in [7, 11) is -3.06. The van der Waals surface area contributed by atoms with Crippen LogP contribution in [-0.4, -0.2) is 34.9 Å². The minimum atomic E-state index is -3.06. The monoisotopic (exact) mass is 731 g/mol. The van der Waals surface area contributed by atoms with Crippen molar-refractivity contribution in [3.05, 3.63) is 134 Å². The van der Waals surface area contributed by atoms with E-state index >= 15 is 0 Å². The van der Waals surface area contributed by atoms with E-state index in [1.54, 1.807) is 6.20 Å². The van der Waals surface area contributed by atoms with E-state index in [1.807, 2.05) is 91.9 Å². The number of ketones is 1. The van der Waals surface area contributed by atoms with Gasteiger partial charge in [-0.25, -0.2) is 9.97 Å². The summed E-state index contributed by atoms with van der Waals surface area (Å²) in [5.41, 5.74) is 3.70. The lowest BCUT2D eigenvalue weighted by atomic mass is 9.97. The summed E-state index contributed by atoms with van der Waals surface area (Å²) in [6.45, 7) is 3.16. The van der Waals surface area contributed by atoms with Crippen LogP contribution in [0.1, 0.15) is 56.1 Å². The normalized spacial score (nSPS) is 16.1. The topological polar surface area (TPSA) is 119 Å². The summed E-state index contributed by atoms with van der Waals surface area (Å²) in [5.74, 6) is 0.870. The fraction of sp³-hybridized carbons (Fsp3) is 0.270. The van der Waals surface area contributed by atoms with Crippen LogP contribution in [0.25, 0.3) is 0 Å². The molecule has 8 nitrogen and oxygen atoms in total. The number of nitrogens with one attached hydrogen (secondary N) is 2. The summed E-state index contributed by atoms with van der Waals surface area (Å²) >= 11 is 8.88. The minimum absolute atomic E-state index is 0.104. The smallest absolute Gasteiger partial charge is 0.208 e. The third kappa shape index (κ3) is 8.70. The first kappa shape index (κ1) is 35.5. The van der Waals surface area contributed by atoms with Gasteiger partial charge in [0.25, 0.3) is 0 Å². The number of hydrogen-bond donors (Lipinski definition) is 3. The van der Waals surface area contributed by atoms with Crippen LogP contribution in [0, 0.1) is 12.8 Å². The van der Waals surface area contributed by atoms with Crippen molar-refractivity contribution in [1.82, 2.24) is 15.1 Å². The molecule has 0 saturated heterocycles. The Balaban J connectivity index is 1.16. The quantitative estimate of drug-likeness (QED) is 0.0435. The number of halogens is 1. The molecular weight excluding hydrogens is 693 g/mol. The molecule has 2 atom stereocenters. The van der Waals surface area contributed by atoms with Crippen molar-refractivity contribution in [3.63, 3.8) is 0 Å². The zero-order valence-electron chi connectivity index (χ0n) is 27.2. The lowest BCUT2D eigenvalue weighted by molar-refractivity contribution is 0.104. The van der Waals surface area contributed by atoms with E-state index in [2.05, 4.69) is 20.4 Å². The molecule has 0 bridgehead atoms. The maximum absolute atomic E-state index is 14.5. The molecule has 0 radical (unpaired) electrons. The van der Waals surface area contributed by atoms with E-state index in [-0.39, 0.29) is 11.8 Å². The number of carbonyl (C=O) groups is 1. The Hall–Kier alpha value is -3.34. The largest absolute Gasteiger partial charge is 0.367 e. The molecule has 12 heteroatoms. The molecule has 0 spiro atoms. The highest BCUT2D eigenvalue weighted by Gasteiger charge is 2.28. The van der Waals surface area contributed by atoms with Gasteiger partial charge in [-0.2, -0.15) is 0 Å². The summed E-state index contributed by atoms with van der Waals surface area (Å²) in [6, 6.07) is 27.3. The van der Waals surface area contributed by atoms with Gasteiger partial charge in [0.2, 0.25) is 13.1 Å². The van der Waals surface area contributed by atoms with E-state index in [9.17, 15) is 9.36 Å². The molecule has 6 rings (SSSR count). The molecule has 4 N–H and O–H groups in total. The fourth-order valence-corrected chi connectivity index (χ4v) is 10.1. The van der Waals surface area contributed by atoms with E-state index in [0.717, 1.165) is 63.7 Å². The summed E-state index contributed by atoms with van der Waals surface area (Å²) in [5, 5.41) is 14.5. The van der Waals surface area contributed by atoms with Crippen molar-refractivity contribution in [3.8, 4) is 0 Å². The van der Waals surface area contributed by atoms with Crippen LogP contribution in [-0.2, 0) is 21.6 Å². The molecule has 0 amide bonds. The van der Waals surface area contributed by atoms with Gasteiger partial charge < -0.3 is 9.50 Å². The Bertz CT molecular complexity index is 1880. The molecule has 3 aromatic carbocycles. The third-order valence-electron chi connectivity index (χ3n) is 8.97. The first-order valence-electron chi connectivity index (χ1n) is 16.3. The van der Waals surface area contributed by atoms with Gasteiger partial charge in [0.05, 0.1) is 29.3 Å². The van der Waals surface area contributed by atoms with E-state index in [1.165, 1.54) is 17.7 Å². The van der Waals surface area contributed by atoms with Crippen LogP contribution in [0.3, 0.4) is 0 Å².